The molecule has 2 fully saturated rings. The lowest BCUT2D eigenvalue weighted by molar-refractivity contribution is 0.119. The van der Waals surface area contributed by atoms with Gasteiger partial charge in [0, 0.05) is 12.6 Å². The second-order valence-corrected chi connectivity index (χ2v) is 5.81. The number of nitrogens with zero attached hydrogens (tertiary/aromatic N) is 1. The van der Waals surface area contributed by atoms with Crippen LogP contribution in [0.4, 0.5) is 0 Å². The first kappa shape index (κ1) is 10.8. The zero-order chi connectivity index (χ0) is 9.80. The van der Waals surface area contributed by atoms with Gasteiger partial charge in [-0.15, -0.1) is 0 Å². The number of nitrogens with two attached hydrogens (primary N) is 1. The maximum absolute atomic E-state index is 5.76. The molecule has 0 aliphatic carbocycles. The van der Waals surface area contributed by atoms with Gasteiger partial charge in [0.05, 0.1) is 0 Å². The lowest BCUT2D eigenvalue weighted by Gasteiger charge is -2.39. The van der Waals surface area contributed by atoms with E-state index in [4.69, 9.17) is 5.73 Å². The molecule has 0 amide bonds. The van der Waals surface area contributed by atoms with Crippen LogP contribution in [-0.4, -0.2) is 42.1 Å². The van der Waals surface area contributed by atoms with Gasteiger partial charge < -0.3 is 10.6 Å². The highest BCUT2D eigenvalue weighted by Crippen LogP contribution is 2.25. The van der Waals surface area contributed by atoms with E-state index in [1.165, 1.54) is 50.3 Å². The molecular formula is C11H22N2S. The van der Waals surface area contributed by atoms with Crippen molar-refractivity contribution >= 4 is 11.8 Å². The van der Waals surface area contributed by atoms with Crippen LogP contribution in [0.5, 0.6) is 0 Å². The molecule has 2 saturated heterocycles. The third kappa shape index (κ3) is 2.65. The third-order valence-electron chi connectivity index (χ3n) is 3.59. The molecule has 2 heterocycles. The Morgan fingerprint density at radius 2 is 2.00 bits per heavy atom. The van der Waals surface area contributed by atoms with E-state index >= 15 is 0 Å². The monoisotopic (exact) mass is 214 g/mol. The van der Waals surface area contributed by atoms with E-state index in [9.17, 15) is 0 Å². The zero-order valence-corrected chi connectivity index (χ0v) is 9.77. The van der Waals surface area contributed by atoms with Gasteiger partial charge in [0.15, 0.2) is 0 Å². The van der Waals surface area contributed by atoms with Crippen LogP contribution >= 0.6 is 11.8 Å². The van der Waals surface area contributed by atoms with E-state index in [1.54, 1.807) is 0 Å². The maximum Gasteiger partial charge on any atom is 0.0111 e. The smallest absolute Gasteiger partial charge is 0.0111 e. The summed E-state index contributed by atoms with van der Waals surface area (Å²) in [7, 11) is 0. The Balaban J connectivity index is 1.83. The van der Waals surface area contributed by atoms with Crippen LogP contribution in [0.25, 0.3) is 0 Å². The minimum absolute atomic E-state index is 0.776. The van der Waals surface area contributed by atoms with Crippen molar-refractivity contribution < 1.29 is 0 Å². The molecule has 2 nitrogen and oxygen atoms in total. The number of hydrogen-bond acceptors (Lipinski definition) is 3. The summed E-state index contributed by atoms with van der Waals surface area (Å²) >= 11 is 2.12. The first-order valence-corrected chi connectivity index (χ1v) is 7.07. The van der Waals surface area contributed by atoms with Gasteiger partial charge in [0.25, 0.3) is 0 Å². The molecule has 1 atom stereocenters. The van der Waals surface area contributed by atoms with E-state index < -0.39 is 0 Å². The van der Waals surface area contributed by atoms with Crippen molar-refractivity contribution in [2.75, 3.05) is 31.1 Å². The molecule has 0 radical (unpaired) electrons. The predicted octanol–water partition coefficient (Wildman–Crippen LogP) is 1.55. The van der Waals surface area contributed by atoms with E-state index in [2.05, 4.69) is 16.7 Å². The molecule has 2 N–H and O–H groups in total. The molecule has 0 bridgehead atoms. The van der Waals surface area contributed by atoms with Crippen LogP contribution in [0, 0.1) is 5.92 Å². The summed E-state index contributed by atoms with van der Waals surface area (Å²) in [6, 6.07) is 0.880. The Labute approximate surface area is 91.6 Å². The van der Waals surface area contributed by atoms with Gasteiger partial charge in [-0.25, -0.2) is 0 Å². The lowest BCUT2D eigenvalue weighted by atomic mass is 9.95. The van der Waals surface area contributed by atoms with Gasteiger partial charge in [-0.1, -0.05) is 0 Å². The zero-order valence-electron chi connectivity index (χ0n) is 8.95. The van der Waals surface area contributed by atoms with Gasteiger partial charge >= 0.3 is 0 Å². The van der Waals surface area contributed by atoms with Gasteiger partial charge in [-0.05, 0) is 56.2 Å². The van der Waals surface area contributed by atoms with Crippen molar-refractivity contribution in [1.29, 1.82) is 0 Å². The molecule has 0 saturated carbocycles. The molecule has 0 spiro atoms. The number of hydrogen-bond donors (Lipinski definition) is 1. The number of rotatable bonds is 2. The lowest BCUT2D eigenvalue weighted by Crippen LogP contribution is -2.45. The third-order valence-corrected chi connectivity index (χ3v) is 4.64. The number of likely N-dealkylation sites (tertiary alicyclic amines) is 1. The highest BCUT2D eigenvalue weighted by molar-refractivity contribution is 7.99. The molecule has 14 heavy (non-hydrogen) atoms. The minimum Gasteiger partial charge on any atom is -0.330 e. The fraction of sp³-hybridized carbons (Fsp3) is 1.00. The second-order valence-electron chi connectivity index (χ2n) is 4.58. The summed E-state index contributed by atoms with van der Waals surface area (Å²) in [6.07, 6.45) is 5.53. The van der Waals surface area contributed by atoms with E-state index in [1.807, 2.05) is 0 Å². The van der Waals surface area contributed by atoms with Gasteiger partial charge in [-0.2, -0.15) is 11.8 Å². The van der Waals surface area contributed by atoms with Crippen molar-refractivity contribution in [3.63, 3.8) is 0 Å². The molecule has 82 valence electrons. The van der Waals surface area contributed by atoms with Crippen LogP contribution < -0.4 is 5.73 Å². The molecule has 0 aromatic carbocycles. The summed E-state index contributed by atoms with van der Waals surface area (Å²) in [5.41, 5.74) is 5.76. The molecule has 2 aliphatic rings. The summed E-state index contributed by atoms with van der Waals surface area (Å²) in [5.74, 6) is 3.52. The van der Waals surface area contributed by atoms with Gasteiger partial charge in [0.2, 0.25) is 0 Å². The highest BCUT2D eigenvalue weighted by atomic mass is 32.2. The van der Waals surface area contributed by atoms with Crippen LogP contribution in [0.2, 0.25) is 0 Å². The average molecular weight is 214 g/mol. The Morgan fingerprint density at radius 3 is 2.71 bits per heavy atom. The standard InChI is InChI=1S/C11H22N2S/c12-8-10-2-1-5-13(9-10)11-3-6-14-7-4-11/h10-11H,1-9,12H2/t10-/m1/s1. The molecule has 0 aromatic rings. The topological polar surface area (TPSA) is 29.3 Å². The predicted molar refractivity (Wildman–Crippen MR) is 63.7 cm³/mol. The quantitative estimate of drug-likeness (QED) is 0.756. The maximum atomic E-state index is 5.76. The Hall–Kier alpha value is 0.270. The Bertz CT molecular complexity index is 169. The van der Waals surface area contributed by atoms with Crippen molar-refractivity contribution in [3.05, 3.63) is 0 Å². The van der Waals surface area contributed by atoms with Gasteiger partial charge in [0.1, 0.15) is 0 Å². The van der Waals surface area contributed by atoms with Gasteiger partial charge in [-0.3, -0.25) is 0 Å². The average Bonchev–Trinajstić information content (AvgIpc) is 2.30. The molecule has 0 aromatic heterocycles. The van der Waals surface area contributed by atoms with Crippen molar-refractivity contribution in [2.45, 2.75) is 31.7 Å². The SMILES string of the molecule is NC[C@H]1CCCN(C2CCSCC2)C1. The van der Waals surface area contributed by atoms with Crippen molar-refractivity contribution in [2.24, 2.45) is 11.7 Å². The second kappa shape index (κ2) is 5.38. The normalized spacial score (nSPS) is 31.9. The minimum atomic E-state index is 0.776. The van der Waals surface area contributed by atoms with Crippen LogP contribution in [0.15, 0.2) is 0 Å². The highest BCUT2D eigenvalue weighted by Gasteiger charge is 2.26. The largest absolute Gasteiger partial charge is 0.330 e. The van der Waals surface area contributed by atoms with E-state index in [0.29, 0.717) is 0 Å². The van der Waals surface area contributed by atoms with Crippen molar-refractivity contribution in [1.82, 2.24) is 4.90 Å². The van der Waals surface area contributed by atoms with Crippen LogP contribution in [-0.2, 0) is 0 Å². The summed E-state index contributed by atoms with van der Waals surface area (Å²) in [4.78, 5) is 2.71. The van der Waals surface area contributed by atoms with Crippen molar-refractivity contribution in [3.8, 4) is 0 Å². The summed E-state index contributed by atoms with van der Waals surface area (Å²) in [6.45, 7) is 3.48. The fourth-order valence-corrected chi connectivity index (χ4v) is 3.75. The van der Waals surface area contributed by atoms with E-state index in [0.717, 1.165) is 18.5 Å². The Kier molecular flexibility index (Phi) is 4.14. The number of piperidine rings is 1. The summed E-state index contributed by atoms with van der Waals surface area (Å²) in [5, 5.41) is 0. The first-order chi connectivity index (χ1) is 6.90. The summed E-state index contributed by atoms with van der Waals surface area (Å²) < 4.78 is 0. The molecular weight excluding hydrogens is 192 g/mol. The molecule has 0 unspecified atom stereocenters. The molecule has 3 heteroatoms. The fourth-order valence-electron chi connectivity index (χ4n) is 2.67. The molecule has 2 aliphatic heterocycles. The van der Waals surface area contributed by atoms with E-state index in [-0.39, 0.29) is 0 Å². The molecule has 2 rings (SSSR count). The Morgan fingerprint density at radius 1 is 1.21 bits per heavy atom. The van der Waals surface area contributed by atoms with Crippen LogP contribution in [0.1, 0.15) is 25.7 Å². The first-order valence-electron chi connectivity index (χ1n) is 5.92. The number of thioether (sulfide) groups is 1. The van der Waals surface area contributed by atoms with Crippen LogP contribution in [0.3, 0.4) is 0 Å².